The van der Waals surface area contributed by atoms with Crippen molar-refractivity contribution < 1.29 is 9.59 Å². The maximum atomic E-state index is 12.5. The average molecular weight is 367 g/mol. The SMILES string of the molecule is Cc1ccc(C(=O)N2CC[C@@H](NC(=O)N(C)CCc3ccccn3)C2)cn1. The number of carbonyl (C=O) groups excluding carboxylic acids is 2. The minimum absolute atomic E-state index is 0.0304. The van der Waals surface area contributed by atoms with E-state index < -0.39 is 0 Å². The number of hydrogen-bond acceptors (Lipinski definition) is 4. The minimum Gasteiger partial charge on any atom is -0.336 e. The first-order chi connectivity index (χ1) is 13.0. The highest BCUT2D eigenvalue weighted by Crippen LogP contribution is 2.14. The molecule has 0 bridgehead atoms. The summed E-state index contributed by atoms with van der Waals surface area (Å²) in [6, 6.07) is 9.24. The van der Waals surface area contributed by atoms with Crippen molar-refractivity contribution in [1.29, 1.82) is 0 Å². The second-order valence-corrected chi connectivity index (χ2v) is 6.87. The lowest BCUT2D eigenvalue weighted by molar-refractivity contribution is 0.0788. The third kappa shape index (κ3) is 5.03. The molecule has 0 unspecified atom stereocenters. The number of hydrogen-bond donors (Lipinski definition) is 1. The number of nitrogens with one attached hydrogen (secondary N) is 1. The van der Waals surface area contributed by atoms with Gasteiger partial charge < -0.3 is 15.1 Å². The number of urea groups is 1. The van der Waals surface area contributed by atoms with Gasteiger partial charge >= 0.3 is 6.03 Å². The van der Waals surface area contributed by atoms with Crippen LogP contribution in [0.4, 0.5) is 4.79 Å². The fourth-order valence-electron chi connectivity index (χ4n) is 3.05. The summed E-state index contributed by atoms with van der Waals surface area (Å²) in [7, 11) is 1.77. The van der Waals surface area contributed by atoms with Crippen LogP contribution in [0.15, 0.2) is 42.7 Å². The molecule has 1 aliphatic rings. The molecule has 2 aromatic rings. The molecule has 0 radical (unpaired) electrons. The van der Waals surface area contributed by atoms with Crippen LogP contribution in [-0.4, -0.2) is 64.4 Å². The Morgan fingerprint density at radius 3 is 2.81 bits per heavy atom. The average Bonchev–Trinajstić information content (AvgIpc) is 3.15. The molecule has 1 atom stereocenters. The number of likely N-dealkylation sites (tertiary alicyclic amines) is 1. The summed E-state index contributed by atoms with van der Waals surface area (Å²) < 4.78 is 0. The van der Waals surface area contributed by atoms with E-state index in [4.69, 9.17) is 0 Å². The van der Waals surface area contributed by atoms with Gasteiger partial charge in [-0.15, -0.1) is 0 Å². The van der Waals surface area contributed by atoms with Crippen molar-refractivity contribution in [3.8, 4) is 0 Å². The number of amides is 3. The van der Waals surface area contributed by atoms with Crippen molar-refractivity contribution in [2.24, 2.45) is 0 Å². The molecular weight excluding hydrogens is 342 g/mol. The van der Waals surface area contributed by atoms with Gasteiger partial charge in [-0.1, -0.05) is 6.07 Å². The zero-order valence-electron chi connectivity index (χ0n) is 15.8. The second kappa shape index (κ2) is 8.62. The molecule has 3 rings (SSSR count). The third-order valence-corrected chi connectivity index (χ3v) is 4.74. The number of likely N-dealkylation sites (N-methyl/N-ethyl adjacent to an activating group) is 1. The van der Waals surface area contributed by atoms with Crippen LogP contribution in [0.5, 0.6) is 0 Å². The molecule has 7 heteroatoms. The Morgan fingerprint density at radius 2 is 2.11 bits per heavy atom. The summed E-state index contributed by atoms with van der Waals surface area (Å²) in [6.07, 6.45) is 4.82. The van der Waals surface area contributed by atoms with E-state index in [0.717, 1.165) is 17.8 Å². The molecule has 7 nitrogen and oxygen atoms in total. The van der Waals surface area contributed by atoms with E-state index in [1.807, 2.05) is 31.2 Å². The van der Waals surface area contributed by atoms with Crippen molar-refractivity contribution in [3.63, 3.8) is 0 Å². The summed E-state index contributed by atoms with van der Waals surface area (Å²) in [4.78, 5) is 36.8. The van der Waals surface area contributed by atoms with Gasteiger partial charge in [0.25, 0.3) is 5.91 Å². The van der Waals surface area contributed by atoms with E-state index in [1.54, 1.807) is 35.3 Å². The summed E-state index contributed by atoms with van der Waals surface area (Å²) in [5.41, 5.74) is 2.42. The fourth-order valence-corrected chi connectivity index (χ4v) is 3.05. The number of pyridine rings is 2. The first-order valence-corrected chi connectivity index (χ1v) is 9.16. The van der Waals surface area contributed by atoms with Crippen LogP contribution in [0.25, 0.3) is 0 Å². The molecule has 0 saturated carbocycles. The Labute approximate surface area is 159 Å². The molecule has 2 aromatic heterocycles. The van der Waals surface area contributed by atoms with Gasteiger partial charge in [-0.25, -0.2) is 4.79 Å². The summed E-state index contributed by atoms with van der Waals surface area (Å²) in [5, 5.41) is 3.02. The molecule has 0 spiro atoms. The number of aromatic nitrogens is 2. The van der Waals surface area contributed by atoms with Crippen molar-refractivity contribution >= 4 is 11.9 Å². The van der Waals surface area contributed by atoms with Gasteiger partial charge in [-0.2, -0.15) is 0 Å². The number of carbonyl (C=O) groups is 2. The van der Waals surface area contributed by atoms with Crippen LogP contribution in [0, 0.1) is 6.92 Å². The van der Waals surface area contributed by atoms with Gasteiger partial charge in [0.1, 0.15) is 0 Å². The lowest BCUT2D eigenvalue weighted by atomic mass is 10.2. The fraction of sp³-hybridized carbons (Fsp3) is 0.400. The Hall–Kier alpha value is -2.96. The molecule has 0 aliphatic carbocycles. The van der Waals surface area contributed by atoms with E-state index in [1.165, 1.54) is 0 Å². The van der Waals surface area contributed by atoms with E-state index in [2.05, 4.69) is 15.3 Å². The number of rotatable bonds is 5. The smallest absolute Gasteiger partial charge is 0.317 e. The standard InChI is InChI=1S/C20H25N5O2/c1-15-6-7-16(13-22-15)19(26)25-12-9-18(14-25)23-20(27)24(2)11-8-17-5-3-4-10-21-17/h3-7,10,13,18H,8-9,11-12,14H2,1-2H3,(H,23,27)/t18-/m1/s1. The molecule has 3 amide bonds. The topological polar surface area (TPSA) is 78.4 Å². The normalized spacial score (nSPS) is 16.2. The van der Waals surface area contributed by atoms with E-state index in [-0.39, 0.29) is 18.0 Å². The summed E-state index contributed by atoms with van der Waals surface area (Å²) >= 11 is 0. The highest BCUT2D eigenvalue weighted by Gasteiger charge is 2.28. The zero-order valence-corrected chi connectivity index (χ0v) is 15.8. The molecule has 1 saturated heterocycles. The third-order valence-electron chi connectivity index (χ3n) is 4.74. The second-order valence-electron chi connectivity index (χ2n) is 6.87. The van der Waals surface area contributed by atoms with E-state index in [9.17, 15) is 9.59 Å². The predicted octanol–water partition coefficient (Wildman–Crippen LogP) is 1.88. The van der Waals surface area contributed by atoms with Crippen molar-refractivity contribution in [1.82, 2.24) is 25.1 Å². The molecule has 1 aliphatic heterocycles. The molecule has 1 fully saturated rings. The summed E-state index contributed by atoms with van der Waals surface area (Å²) in [5.74, 6) is -0.0391. The van der Waals surface area contributed by atoms with Gasteiger partial charge in [0, 0.05) is 62.9 Å². The van der Waals surface area contributed by atoms with Crippen molar-refractivity contribution in [3.05, 3.63) is 59.7 Å². The first-order valence-electron chi connectivity index (χ1n) is 9.16. The molecule has 27 heavy (non-hydrogen) atoms. The lowest BCUT2D eigenvalue weighted by Gasteiger charge is -2.21. The first kappa shape index (κ1) is 18.8. The highest BCUT2D eigenvalue weighted by molar-refractivity contribution is 5.94. The van der Waals surface area contributed by atoms with Gasteiger partial charge in [-0.05, 0) is 37.6 Å². The predicted molar refractivity (Wildman–Crippen MR) is 102 cm³/mol. The largest absolute Gasteiger partial charge is 0.336 e. The lowest BCUT2D eigenvalue weighted by Crippen LogP contribution is -2.45. The molecule has 1 N–H and O–H groups in total. The number of nitrogens with zero attached hydrogens (tertiary/aromatic N) is 4. The van der Waals surface area contributed by atoms with Crippen LogP contribution in [0.2, 0.25) is 0 Å². The highest BCUT2D eigenvalue weighted by atomic mass is 16.2. The quantitative estimate of drug-likeness (QED) is 0.875. The van der Waals surface area contributed by atoms with Gasteiger partial charge in [0.2, 0.25) is 0 Å². The van der Waals surface area contributed by atoms with Crippen LogP contribution in [-0.2, 0) is 6.42 Å². The Bertz CT molecular complexity index is 779. The Kier molecular flexibility index (Phi) is 6.01. The minimum atomic E-state index is -0.123. The van der Waals surface area contributed by atoms with Crippen LogP contribution in [0.1, 0.15) is 28.2 Å². The van der Waals surface area contributed by atoms with Crippen LogP contribution in [0.3, 0.4) is 0 Å². The van der Waals surface area contributed by atoms with E-state index in [0.29, 0.717) is 31.6 Å². The summed E-state index contributed by atoms with van der Waals surface area (Å²) in [6.45, 7) is 3.63. The zero-order chi connectivity index (χ0) is 19.2. The van der Waals surface area contributed by atoms with Crippen LogP contribution < -0.4 is 5.32 Å². The maximum Gasteiger partial charge on any atom is 0.317 e. The molecule has 142 valence electrons. The van der Waals surface area contributed by atoms with Crippen molar-refractivity contribution in [2.45, 2.75) is 25.8 Å². The Morgan fingerprint density at radius 1 is 1.26 bits per heavy atom. The van der Waals surface area contributed by atoms with Gasteiger partial charge in [0.15, 0.2) is 0 Å². The number of aryl methyl sites for hydroxylation is 1. The maximum absolute atomic E-state index is 12.5. The van der Waals surface area contributed by atoms with Gasteiger partial charge in [-0.3, -0.25) is 14.8 Å². The van der Waals surface area contributed by atoms with Gasteiger partial charge in [0.05, 0.1) is 5.56 Å². The van der Waals surface area contributed by atoms with E-state index >= 15 is 0 Å². The van der Waals surface area contributed by atoms with Crippen LogP contribution >= 0.6 is 0 Å². The monoisotopic (exact) mass is 367 g/mol. The molecule has 0 aromatic carbocycles. The Balaban J connectivity index is 1.46. The molecular formula is C20H25N5O2. The molecule has 3 heterocycles. The van der Waals surface area contributed by atoms with Crippen molar-refractivity contribution in [2.75, 3.05) is 26.7 Å².